The van der Waals surface area contributed by atoms with E-state index < -0.39 is 0 Å². The number of benzene rings is 1. The van der Waals surface area contributed by atoms with Gasteiger partial charge in [0.25, 0.3) is 11.8 Å². The average molecular weight is 408 g/mol. The van der Waals surface area contributed by atoms with E-state index in [2.05, 4.69) is 4.98 Å². The van der Waals surface area contributed by atoms with Crippen LogP contribution in [0.3, 0.4) is 0 Å². The van der Waals surface area contributed by atoms with Crippen LogP contribution in [0, 0.1) is 6.92 Å². The van der Waals surface area contributed by atoms with Gasteiger partial charge in [-0.25, -0.2) is 0 Å². The monoisotopic (exact) mass is 407 g/mol. The summed E-state index contributed by atoms with van der Waals surface area (Å²) in [6.07, 6.45) is 7.44. The first kappa shape index (κ1) is 20.5. The van der Waals surface area contributed by atoms with Crippen molar-refractivity contribution in [2.75, 3.05) is 26.2 Å². The maximum atomic E-state index is 13.2. The lowest BCUT2D eigenvalue weighted by atomic mass is 10.1. The van der Waals surface area contributed by atoms with E-state index in [1.54, 1.807) is 18.5 Å². The molecule has 2 fully saturated rings. The number of nitrogens with zero attached hydrogens (tertiary/aromatic N) is 3. The van der Waals surface area contributed by atoms with Gasteiger partial charge in [0.05, 0.1) is 18.3 Å². The number of aromatic nitrogens is 1. The van der Waals surface area contributed by atoms with Crippen LogP contribution in [-0.4, -0.2) is 65.0 Å². The zero-order valence-electron chi connectivity index (χ0n) is 17.5. The van der Waals surface area contributed by atoms with E-state index >= 15 is 0 Å². The fourth-order valence-electron chi connectivity index (χ4n) is 4.49. The van der Waals surface area contributed by atoms with Gasteiger partial charge in [0, 0.05) is 43.6 Å². The van der Waals surface area contributed by atoms with E-state index in [1.165, 1.54) is 0 Å². The molecule has 1 atom stereocenters. The zero-order chi connectivity index (χ0) is 20.9. The van der Waals surface area contributed by atoms with Crippen LogP contribution in [-0.2, 0) is 4.74 Å². The number of morpholine rings is 1. The summed E-state index contributed by atoms with van der Waals surface area (Å²) in [4.78, 5) is 34.2. The summed E-state index contributed by atoms with van der Waals surface area (Å²) >= 11 is 0. The molecule has 2 aliphatic rings. The second-order valence-corrected chi connectivity index (χ2v) is 8.20. The van der Waals surface area contributed by atoms with Crippen molar-refractivity contribution in [2.24, 2.45) is 0 Å². The molecule has 0 spiro atoms. The molecule has 1 saturated heterocycles. The maximum absolute atomic E-state index is 13.2. The Morgan fingerprint density at radius 3 is 2.70 bits per heavy atom. The molecule has 2 amide bonds. The van der Waals surface area contributed by atoms with Crippen LogP contribution in [0.2, 0.25) is 0 Å². The average Bonchev–Trinajstić information content (AvgIpc) is 3.32. The topological polar surface area (TPSA) is 62.7 Å². The zero-order valence-corrected chi connectivity index (χ0v) is 17.5. The Kier molecular flexibility index (Phi) is 6.43. The van der Waals surface area contributed by atoms with Gasteiger partial charge < -0.3 is 14.5 Å². The van der Waals surface area contributed by atoms with E-state index in [-0.39, 0.29) is 24.0 Å². The summed E-state index contributed by atoms with van der Waals surface area (Å²) in [7, 11) is 0. The molecule has 30 heavy (non-hydrogen) atoms. The number of carbonyl (C=O) groups is 2. The molecule has 1 unspecified atom stereocenters. The number of rotatable bonds is 5. The highest BCUT2D eigenvalue weighted by molar-refractivity contribution is 5.96. The molecule has 1 aromatic carbocycles. The van der Waals surface area contributed by atoms with E-state index in [4.69, 9.17) is 4.74 Å². The van der Waals surface area contributed by atoms with E-state index in [1.807, 2.05) is 47.1 Å². The Hall–Kier alpha value is -2.73. The third-order valence-electron chi connectivity index (χ3n) is 6.14. The number of ether oxygens (including phenoxy) is 1. The molecule has 6 nitrogen and oxygen atoms in total. The highest BCUT2D eigenvalue weighted by Gasteiger charge is 2.33. The largest absolute Gasteiger partial charge is 0.373 e. The van der Waals surface area contributed by atoms with Crippen LogP contribution in [0.25, 0.3) is 0 Å². The Morgan fingerprint density at radius 1 is 1.17 bits per heavy atom. The molecule has 1 saturated carbocycles. The Labute approximate surface area is 177 Å². The number of aryl methyl sites for hydroxylation is 1. The summed E-state index contributed by atoms with van der Waals surface area (Å²) in [6, 6.07) is 11.5. The molecular weight excluding hydrogens is 378 g/mol. The van der Waals surface area contributed by atoms with Gasteiger partial charge in [0.2, 0.25) is 0 Å². The van der Waals surface area contributed by atoms with Crippen molar-refractivity contribution >= 4 is 11.8 Å². The van der Waals surface area contributed by atoms with Gasteiger partial charge in [-0.15, -0.1) is 0 Å². The molecule has 4 rings (SSSR count). The quantitative estimate of drug-likeness (QED) is 0.763. The van der Waals surface area contributed by atoms with E-state index in [0.717, 1.165) is 36.8 Å². The van der Waals surface area contributed by atoms with Crippen LogP contribution < -0.4 is 0 Å². The van der Waals surface area contributed by atoms with Crippen molar-refractivity contribution < 1.29 is 14.3 Å². The van der Waals surface area contributed by atoms with Crippen LogP contribution in [0.15, 0.2) is 48.8 Å². The molecule has 6 heteroatoms. The third-order valence-corrected chi connectivity index (χ3v) is 6.14. The van der Waals surface area contributed by atoms with Crippen LogP contribution >= 0.6 is 0 Å². The van der Waals surface area contributed by atoms with Gasteiger partial charge in [0.1, 0.15) is 0 Å². The van der Waals surface area contributed by atoms with E-state index in [9.17, 15) is 9.59 Å². The standard InChI is InChI=1S/C24H29N3O3/c1-18-7-2-5-11-22(18)24(29)26-13-14-30-21(16-26)17-27(20-9-3-4-10-20)23(28)19-8-6-12-25-15-19/h2,5-8,11-12,15,20-21H,3-4,9-10,13-14,16-17H2,1H3. The van der Waals surface area contributed by atoms with Gasteiger partial charge in [-0.2, -0.15) is 0 Å². The Balaban J connectivity index is 1.48. The minimum atomic E-state index is -0.187. The fraction of sp³-hybridized carbons (Fsp3) is 0.458. The van der Waals surface area contributed by atoms with Crippen LogP contribution in [0.5, 0.6) is 0 Å². The molecule has 0 N–H and O–H groups in total. The molecule has 0 bridgehead atoms. The highest BCUT2D eigenvalue weighted by Crippen LogP contribution is 2.26. The molecule has 1 aromatic heterocycles. The lowest BCUT2D eigenvalue weighted by molar-refractivity contribution is -0.0371. The molecule has 2 heterocycles. The van der Waals surface area contributed by atoms with Gasteiger partial charge >= 0.3 is 0 Å². The fourth-order valence-corrected chi connectivity index (χ4v) is 4.49. The molecular formula is C24H29N3O3. The maximum Gasteiger partial charge on any atom is 0.255 e. The highest BCUT2D eigenvalue weighted by atomic mass is 16.5. The first-order valence-corrected chi connectivity index (χ1v) is 10.8. The summed E-state index contributed by atoms with van der Waals surface area (Å²) in [5.41, 5.74) is 2.31. The number of amides is 2. The third kappa shape index (κ3) is 4.54. The summed E-state index contributed by atoms with van der Waals surface area (Å²) in [5, 5.41) is 0. The van der Waals surface area contributed by atoms with Crippen molar-refractivity contribution in [1.82, 2.24) is 14.8 Å². The molecule has 158 valence electrons. The van der Waals surface area contributed by atoms with Gasteiger partial charge in [-0.1, -0.05) is 31.0 Å². The lowest BCUT2D eigenvalue weighted by Crippen LogP contribution is -2.52. The molecule has 0 radical (unpaired) electrons. The number of carbonyl (C=O) groups excluding carboxylic acids is 2. The van der Waals surface area contributed by atoms with Crippen molar-refractivity contribution in [1.29, 1.82) is 0 Å². The van der Waals surface area contributed by atoms with Crippen molar-refractivity contribution in [3.05, 3.63) is 65.5 Å². The SMILES string of the molecule is Cc1ccccc1C(=O)N1CCOC(CN(C(=O)c2cccnc2)C2CCCC2)C1. The van der Waals surface area contributed by atoms with Crippen molar-refractivity contribution in [2.45, 2.75) is 44.8 Å². The smallest absolute Gasteiger partial charge is 0.255 e. The molecule has 1 aliphatic carbocycles. The van der Waals surface area contributed by atoms with Crippen LogP contribution in [0.4, 0.5) is 0 Å². The summed E-state index contributed by atoms with van der Waals surface area (Å²) in [5.74, 6) is 0.0355. The Bertz CT molecular complexity index is 880. The molecule has 1 aliphatic heterocycles. The predicted molar refractivity (Wildman–Crippen MR) is 114 cm³/mol. The van der Waals surface area contributed by atoms with Gasteiger partial charge in [-0.3, -0.25) is 14.6 Å². The molecule has 2 aromatic rings. The van der Waals surface area contributed by atoms with Gasteiger partial charge in [0.15, 0.2) is 0 Å². The van der Waals surface area contributed by atoms with Crippen molar-refractivity contribution in [3.63, 3.8) is 0 Å². The minimum Gasteiger partial charge on any atom is -0.373 e. The number of hydrogen-bond acceptors (Lipinski definition) is 4. The first-order valence-electron chi connectivity index (χ1n) is 10.8. The van der Waals surface area contributed by atoms with Gasteiger partial charge in [-0.05, 0) is 43.5 Å². The number of pyridine rings is 1. The second kappa shape index (κ2) is 9.39. The lowest BCUT2D eigenvalue weighted by Gasteiger charge is -2.38. The second-order valence-electron chi connectivity index (χ2n) is 8.20. The Morgan fingerprint density at radius 2 is 1.97 bits per heavy atom. The number of hydrogen-bond donors (Lipinski definition) is 0. The van der Waals surface area contributed by atoms with E-state index in [0.29, 0.717) is 31.8 Å². The predicted octanol–water partition coefficient (Wildman–Crippen LogP) is 3.32. The normalized spacial score (nSPS) is 19.6. The summed E-state index contributed by atoms with van der Waals surface area (Å²) < 4.78 is 6.00. The first-order chi connectivity index (χ1) is 14.6. The minimum absolute atomic E-state index is 0.000883. The summed E-state index contributed by atoms with van der Waals surface area (Å²) in [6.45, 7) is 4.01. The van der Waals surface area contributed by atoms with Crippen molar-refractivity contribution in [3.8, 4) is 0 Å². The van der Waals surface area contributed by atoms with Crippen LogP contribution in [0.1, 0.15) is 52.0 Å².